The van der Waals surface area contributed by atoms with Crippen LogP contribution >= 0.6 is 0 Å². The molecule has 3 atom stereocenters. The molecule has 4 aromatic carbocycles. The van der Waals surface area contributed by atoms with Crippen molar-refractivity contribution >= 4 is 33.9 Å². The highest BCUT2D eigenvalue weighted by molar-refractivity contribution is 6.00. The van der Waals surface area contributed by atoms with Gasteiger partial charge in [0.15, 0.2) is 5.82 Å². The summed E-state index contributed by atoms with van der Waals surface area (Å²) < 4.78 is 71.1. The van der Waals surface area contributed by atoms with E-state index in [1.165, 1.54) is 12.3 Å². The number of ether oxygens (including phenoxy) is 4. The molecule has 3 saturated heterocycles. The average molecular weight is 875 g/mol. The van der Waals surface area contributed by atoms with E-state index in [2.05, 4.69) is 25.2 Å². The van der Waals surface area contributed by atoms with Crippen molar-refractivity contribution in [1.29, 1.82) is 0 Å². The summed E-state index contributed by atoms with van der Waals surface area (Å²) in [5, 5.41) is 4.13. The Labute approximate surface area is 368 Å². The number of nitrogens with one attached hydrogen (secondary N) is 1. The predicted molar refractivity (Wildman–Crippen MR) is 234 cm³/mol. The zero-order valence-corrected chi connectivity index (χ0v) is 35.5. The van der Waals surface area contributed by atoms with E-state index < -0.39 is 41.1 Å². The van der Waals surface area contributed by atoms with Crippen LogP contribution in [0.1, 0.15) is 55.7 Å². The van der Waals surface area contributed by atoms with Crippen LogP contribution in [0.2, 0.25) is 0 Å². The van der Waals surface area contributed by atoms with Crippen molar-refractivity contribution < 1.29 is 41.7 Å². The highest BCUT2D eigenvalue weighted by atomic mass is 19.1. The van der Waals surface area contributed by atoms with Gasteiger partial charge in [-0.3, -0.25) is 9.88 Å². The molecule has 3 aliphatic heterocycles. The first kappa shape index (κ1) is 42.8. The normalized spacial score (nSPS) is 20.9. The van der Waals surface area contributed by atoms with Gasteiger partial charge in [-0.15, -0.1) is 0 Å². The fraction of sp³-hybridized carbons (Fsp3) is 0.367. The molecule has 5 heterocycles. The first-order valence-electron chi connectivity index (χ1n) is 21.7. The number of rotatable bonds is 13. The number of alkyl carbamates (subject to hydrolysis) is 1. The van der Waals surface area contributed by atoms with Gasteiger partial charge in [0.05, 0.1) is 23.1 Å². The Kier molecular flexibility index (Phi) is 12.3. The number of carbonyl (C=O) groups excluding carboxylic acids is 2. The van der Waals surface area contributed by atoms with E-state index in [-0.39, 0.29) is 73.4 Å². The van der Waals surface area contributed by atoms with Gasteiger partial charge in [-0.1, -0.05) is 84.9 Å². The highest BCUT2D eigenvalue weighted by Crippen LogP contribution is 2.41. The van der Waals surface area contributed by atoms with Gasteiger partial charge in [0.1, 0.15) is 43.0 Å². The number of hydrogen-bond acceptors (Lipinski definition) is 10. The molecule has 0 spiro atoms. The average Bonchev–Trinajstić information content (AvgIpc) is 3.83. The van der Waals surface area contributed by atoms with Gasteiger partial charge in [-0.25, -0.2) is 22.8 Å². The number of amides is 2. The molecule has 0 saturated carbocycles. The third-order valence-electron chi connectivity index (χ3n) is 12.6. The van der Waals surface area contributed by atoms with Crippen LogP contribution in [0.15, 0.2) is 97.2 Å². The molecule has 1 N–H and O–H groups in total. The Morgan fingerprint density at radius 1 is 0.859 bits per heavy atom. The van der Waals surface area contributed by atoms with E-state index in [4.69, 9.17) is 18.9 Å². The molecule has 3 aliphatic rings. The highest BCUT2D eigenvalue weighted by Gasteiger charge is 2.49. The number of halogens is 3. The summed E-state index contributed by atoms with van der Waals surface area (Å²) in [6, 6.07) is 26.8. The summed E-state index contributed by atoms with van der Waals surface area (Å²) in [6.07, 6.45) is 2.52. The maximum absolute atomic E-state index is 17.1. The number of alkyl halides is 1. The van der Waals surface area contributed by atoms with Crippen LogP contribution in [0.5, 0.6) is 11.9 Å². The first-order valence-corrected chi connectivity index (χ1v) is 21.7. The van der Waals surface area contributed by atoms with Crippen LogP contribution in [0.3, 0.4) is 0 Å². The summed E-state index contributed by atoms with van der Waals surface area (Å²) in [7, 11) is 0. The van der Waals surface area contributed by atoms with Crippen LogP contribution in [0.25, 0.3) is 32.9 Å². The van der Waals surface area contributed by atoms with E-state index in [9.17, 15) is 14.0 Å². The third kappa shape index (κ3) is 9.12. The smallest absolute Gasteiger partial charge is 0.410 e. The van der Waals surface area contributed by atoms with Crippen molar-refractivity contribution in [2.45, 2.75) is 75.9 Å². The second kappa shape index (κ2) is 18.3. The van der Waals surface area contributed by atoms with Crippen LogP contribution < -0.4 is 14.8 Å². The Hall–Kier alpha value is -6.48. The molecule has 0 bridgehead atoms. The number of carbonyl (C=O) groups is 2. The molecular weight excluding hydrogens is 826 g/mol. The number of aromatic nitrogens is 3. The lowest BCUT2D eigenvalue weighted by molar-refractivity contribution is 0.0652. The topological polar surface area (TPSA) is 128 Å². The minimum absolute atomic E-state index is 0.0341. The molecule has 0 aliphatic carbocycles. The van der Waals surface area contributed by atoms with Crippen molar-refractivity contribution in [3.8, 4) is 23.1 Å². The molecule has 2 aromatic heterocycles. The molecule has 332 valence electrons. The summed E-state index contributed by atoms with van der Waals surface area (Å²) in [5.41, 5.74) is 0.765. The molecule has 2 amide bonds. The maximum Gasteiger partial charge on any atom is 0.410 e. The van der Waals surface area contributed by atoms with Crippen LogP contribution in [0.4, 0.5) is 22.8 Å². The van der Waals surface area contributed by atoms with Gasteiger partial charge in [0.25, 0.3) is 0 Å². The Morgan fingerprint density at radius 3 is 2.42 bits per heavy atom. The van der Waals surface area contributed by atoms with E-state index >= 15 is 8.78 Å². The number of piperidine rings is 1. The summed E-state index contributed by atoms with van der Waals surface area (Å²) >= 11 is 0. The molecule has 6 aromatic rings. The molecule has 0 unspecified atom stereocenters. The van der Waals surface area contributed by atoms with Gasteiger partial charge in [0.2, 0.25) is 5.88 Å². The Morgan fingerprint density at radius 2 is 1.62 bits per heavy atom. The predicted octanol–water partition coefficient (Wildman–Crippen LogP) is 9.12. The minimum Gasteiger partial charge on any atom is -0.472 e. The largest absolute Gasteiger partial charge is 0.472 e. The molecule has 3 fully saturated rings. The van der Waals surface area contributed by atoms with Crippen LogP contribution in [0, 0.1) is 11.6 Å². The van der Waals surface area contributed by atoms with E-state index in [0.717, 1.165) is 30.5 Å². The van der Waals surface area contributed by atoms with Crippen LogP contribution in [-0.2, 0) is 29.1 Å². The monoisotopic (exact) mass is 874 g/mol. The zero-order chi connectivity index (χ0) is 44.3. The molecule has 9 rings (SSSR count). The number of fused-ring (bicyclic) bond motifs is 3. The van der Waals surface area contributed by atoms with Crippen molar-refractivity contribution in [3.05, 3.63) is 126 Å². The van der Waals surface area contributed by atoms with E-state index in [1.807, 2.05) is 67.6 Å². The van der Waals surface area contributed by atoms with Gasteiger partial charge >= 0.3 is 18.2 Å². The van der Waals surface area contributed by atoms with Gasteiger partial charge in [-0.2, -0.15) is 9.97 Å². The zero-order valence-electron chi connectivity index (χ0n) is 35.5. The summed E-state index contributed by atoms with van der Waals surface area (Å²) in [5.74, 6) is -1.29. The lowest BCUT2D eigenvalue weighted by Gasteiger charge is -2.40. The molecular formula is C49H49F3N6O6. The molecule has 15 heteroatoms. The number of pyridine rings is 1. The first-order chi connectivity index (χ1) is 31.1. The van der Waals surface area contributed by atoms with E-state index in [1.54, 1.807) is 29.2 Å². The third-order valence-corrected chi connectivity index (χ3v) is 12.6. The number of nitrogens with zero attached hydrogens (tertiary/aromatic N) is 5. The number of hydrogen-bond donors (Lipinski definition) is 1. The molecule has 0 radical (unpaired) electrons. The van der Waals surface area contributed by atoms with E-state index in [0.29, 0.717) is 48.7 Å². The second-order valence-corrected chi connectivity index (χ2v) is 17.2. The molecule has 64 heavy (non-hydrogen) atoms. The Balaban J connectivity index is 0.944. The van der Waals surface area contributed by atoms with Crippen molar-refractivity contribution in [3.63, 3.8) is 0 Å². The quantitative estimate of drug-likeness (QED) is 0.120. The fourth-order valence-electron chi connectivity index (χ4n) is 9.45. The number of likely N-dealkylation sites (tertiary alicyclic amines) is 1. The summed E-state index contributed by atoms with van der Waals surface area (Å²) in [6.45, 7) is 3.87. The van der Waals surface area contributed by atoms with Gasteiger partial charge in [0, 0.05) is 44.2 Å². The van der Waals surface area contributed by atoms with Gasteiger partial charge < -0.3 is 29.2 Å². The second-order valence-electron chi connectivity index (χ2n) is 17.2. The lowest BCUT2D eigenvalue weighted by Crippen LogP contribution is -2.58. The van der Waals surface area contributed by atoms with Crippen molar-refractivity contribution in [2.75, 3.05) is 39.4 Å². The van der Waals surface area contributed by atoms with Gasteiger partial charge in [-0.05, 0) is 72.7 Å². The number of benzene rings is 4. The molecule has 12 nitrogen and oxygen atoms in total. The van der Waals surface area contributed by atoms with Crippen molar-refractivity contribution in [2.24, 2.45) is 0 Å². The summed E-state index contributed by atoms with van der Waals surface area (Å²) in [4.78, 5) is 43.4. The lowest BCUT2D eigenvalue weighted by atomic mass is 9.91. The Bertz CT molecular complexity index is 2660. The van der Waals surface area contributed by atoms with Crippen LogP contribution in [-0.4, -0.2) is 93.6 Å². The SMILES string of the molecule is C[C@@]1(NC(=O)OCCc2c(F)ccc3cccc(-c4ncc5c(OCc6ccccc6)nc(OC[C@@]67CCCN6C[C@H](F)C7)nc5c4F)c23)CCCN(C(=O)OCc2ccccc2)C1. The minimum atomic E-state index is -0.961. The fourth-order valence-corrected chi connectivity index (χ4v) is 9.45. The maximum atomic E-state index is 17.1. The standard InChI is InChI=1S/C49H49F3N6O6/c1-48(20-9-22-57(30-48)47(60)63-29-33-13-6-3-7-14-33)56-46(59)61-24-19-36-39(51)18-17-34-15-8-16-37(40(34)36)42-41(52)43-38(26-53-42)44(62-28-32-11-4-2-5-12-32)55-45(54-43)64-31-49-21-10-23-58(49)27-35(50)25-49/h2-8,11-18,26,35H,9-10,19-25,27-31H2,1H3,(H,56,59)/t35-,48-,49+/m1/s1. The van der Waals surface area contributed by atoms with Crippen molar-refractivity contribution in [1.82, 2.24) is 30.1 Å².